The van der Waals surface area contributed by atoms with E-state index in [1.807, 2.05) is 6.92 Å². The van der Waals surface area contributed by atoms with E-state index in [9.17, 15) is 0 Å². The first kappa shape index (κ1) is 18.7. The van der Waals surface area contributed by atoms with Crippen LogP contribution in [0.3, 0.4) is 0 Å². The molecule has 2 aromatic carbocycles. The fourth-order valence-electron chi connectivity index (χ4n) is 3.02. The number of hydrogen-bond acceptors (Lipinski definition) is 0. The molecule has 0 saturated carbocycles. The molecule has 136 valence electrons. The standard InChI is InChI=1S/C26H27N/c1-6-19(2)7-12-22(5)25-17-18-26(23-13-8-20(3)9-14-23)27(25)24-15-10-21(4)11-16-24/h6-18H,5H2,1-4H3/b12-7-,19-6-. The van der Waals surface area contributed by atoms with Crippen LogP contribution in [0, 0.1) is 13.8 Å². The molecule has 1 aromatic heterocycles. The number of rotatable bonds is 5. The zero-order chi connectivity index (χ0) is 19.4. The molecule has 1 heterocycles. The fraction of sp³-hybridized carbons (Fsp3) is 0.154. The summed E-state index contributed by atoms with van der Waals surface area (Å²) in [5, 5.41) is 0. The molecule has 3 aromatic rings. The number of allylic oxidation sites excluding steroid dienone is 5. The minimum absolute atomic E-state index is 0.995. The molecule has 0 aliphatic rings. The monoisotopic (exact) mass is 353 g/mol. The van der Waals surface area contributed by atoms with Crippen molar-refractivity contribution in [3.05, 3.63) is 108 Å². The molecule has 0 aliphatic heterocycles. The molecule has 0 N–H and O–H groups in total. The van der Waals surface area contributed by atoms with Gasteiger partial charge >= 0.3 is 0 Å². The molecule has 0 unspecified atom stereocenters. The summed E-state index contributed by atoms with van der Waals surface area (Å²) in [7, 11) is 0. The van der Waals surface area contributed by atoms with Gasteiger partial charge in [-0.3, -0.25) is 0 Å². The summed E-state index contributed by atoms with van der Waals surface area (Å²) in [6.07, 6.45) is 6.30. The molecule has 0 radical (unpaired) electrons. The SMILES string of the molecule is C=C(/C=C\C(C)=C/C)c1ccc(-c2ccc(C)cc2)n1-c1ccc(C)cc1. The highest BCUT2D eigenvalue weighted by molar-refractivity contribution is 5.76. The van der Waals surface area contributed by atoms with E-state index >= 15 is 0 Å². The van der Waals surface area contributed by atoms with Crippen LogP contribution in [0.15, 0.2) is 91.0 Å². The van der Waals surface area contributed by atoms with Crippen LogP contribution in [0.1, 0.15) is 30.7 Å². The van der Waals surface area contributed by atoms with Crippen LogP contribution >= 0.6 is 0 Å². The third kappa shape index (κ3) is 4.20. The van der Waals surface area contributed by atoms with E-state index in [2.05, 4.69) is 111 Å². The van der Waals surface area contributed by atoms with Gasteiger partial charge in [0, 0.05) is 5.69 Å². The Balaban J connectivity index is 2.14. The highest BCUT2D eigenvalue weighted by Crippen LogP contribution is 2.30. The molecule has 0 amide bonds. The molecular formula is C26H27N. The molecule has 0 aliphatic carbocycles. The van der Waals surface area contributed by atoms with Crippen molar-refractivity contribution in [2.45, 2.75) is 27.7 Å². The van der Waals surface area contributed by atoms with Gasteiger partial charge in [-0.1, -0.05) is 77.9 Å². The Morgan fingerprint density at radius 1 is 0.815 bits per heavy atom. The maximum atomic E-state index is 4.32. The number of aromatic nitrogens is 1. The first-order valence-electron chi connectivity index (χ1n) is 9.35. The van der Waals surface area contributed by atoms with Crippen LogP contribution in [0.25, 0.3) is 22.5 Å². The summed E-state index contributed by atoms with van der Waals surface area (Å²) < 4.78 is 2.29. The van der Waals surface area contributed by atoms with Crippen molar-refractivity contribution < 1.29 is 0 Å². The van der Waals surface area contributed by atoms with Gasteiger partial charge in [0.2, 0.25) is 0 Å². The Morgan fingerprint density at radius 2 is 1.41 bits per heavy atom. The first-order chi connectivity index (χ1) is 13.0. The highest BCUT2D eigenvalue weighted by atomic mass is 15.0. The lowest BCUT2D eigenvalue weighted by Gasteiger charge is -2.15. The van der Waals surface area contributed by atoms with E-state index in [1.54, 1.807) is 0 Å². The molecule has 1 nitrogen and oxygen atoms in total. The van der Waals surface area contributed by atoms with Gasteiger partial charge in [0.05, 0.1) is 11.4 Å². The molecule has 1 heteroatoms. The summed E-state index contributed by atoms with van der Waals surface area (Å²) in [6, 6.07) is 21.7. The minimum atomic E-state index is 0.995. The molecule has 3 rings (SSSR count). The topological polar surface area (TPSA) is 4.93 Å². The van der Waals surface area contributed by atoms with E-state index in [1.165, 1.54) is 28.0 Å². The Labute approximate surface area is 163 Å². The number of aryl methyl sites for hydroxylation is 2. The molecule has 0 spiro atoms. The summed E-state index contributed by atoms with van der Waals surface area (Å²) in [6.45, 7) is 12.7. The van der Waals surface area contributed by atoms with E-state index in [0.717, 1.165) is 17.0 Å². The van der Waals surface area contributed by atoms with Crippen molar-refractivity contribution in [1.29, 1.82) is 0 Å². The van der Waals surface area contributed by atoms with Crippen LogP contribution in [-0.2, 0) is 0 Å². The average Bonchev–Trinajstić information content (AvgIpc) is 3.12. The zero-order valence-corrected chi connectivity index (χ0v) is 16.7. The van der Waals surface area contributed by atoms with Crippen LogP contribution in [0.2, 0.25) is 0 Å². The van der Waals surface area contributed by atoms with Crippen LogP contribution in [0.4, 0.5) is 0 Å². The normalized spacial score (nSPS) is 11.9. The number of benzene rings is 2. The van der Waals surface area contributed by atoms with Crippen molar-refractivity contribution >= 4 is 5.57 Å². The van der Waals surface area contributed by atoms with Crippen molar-refractivity contribution in [1.82, 2.24) is 4.57 Å². The van der Waals surface area contributed by atoms with Crippen LogP contribution in [0.5, 0.6) is 0 Å². The number of hydrogen-bond donors (Lipinski definition) is 0. The third-order valence-corrected chi connectivity index (χ3v) is 4.85. The summed E-state index contributed by atoms with van der Waals surface area (Å²) in [5.41, 5.74) is 9.37. The highest BCUT2D eigenvalue weighted by Gasteiger charge is 2.13. The molecular weight excluding hydrogens is 326 g/mol. The summed E-state index contributed by atoms with van der Waals surface area (Å²) >= 11 is 0. The molecule has 0 saturated heterocycles. The quantitative estimate of drug-likeness (QED) is 0.424. The van der Waals surface area contributed by atoms with Gasteiger partial charge in [-0.05, 0) is 63.1 Å². The number of nitrogens with zero attached hydrogens (tertiary/aromatic N) is 1. The predicted octanol–water partition coefficient (Wildman–Crippen LogP) is 7.30. The van der Waals surface area contributed by atoms with Crippen molar-refractivity contribution in [2.75, 3.05) is 0 Å². The van der Waals surface area contributed by atoms with Crippen molar-refractivity contribution in [3.63, 3.8) is 0 Å². The van der Waals surface area contributed by atoms with Gasteiger partial charge in [0.25, 0.3) is 0 Å². The Bertz CT molecular complexity index is 993. The van der Waals surface area contributed by atoms with Crippen molar-refractivity contribution in [3.8, 4) is 16.9 Å². The van der Waals surface area contributed by atoms with Gasteiger partial charge in [-0.2, -0.15) is 0 Å². The smallest absolute Gasteiger partial charge is 0.0535 e. The van der Waals surface area contributed by atoms with E-state index in [-0.39, 0.29) is 0 Å². The second-order valence-corrected chi connectivity index (χ2v) is 7.03. The van der Waals surface area contributed by atoms with E-state index in [0.29, 0.717) is 0 Å². The fourth-order valence-corrected chi connectivity index (χ4v) is 3.02. The molecule has 0 fully saturated rings. The molecule has 27 heavy (non-hydrogen) atoms. The zero-order valence-electron chi connectivity index (χ0n) is 16.7. The Hall–Kier alpha value is -3.06. The van der Waals surface area contributed by atoms with Gasteiger partial charge in [-0.15, -0.1) is 0 Å². The second-order valence-electron chi connectivity index (χ2n) is 7.03. The Kier molecular flexibility index (Phi) is 5.61. The lowest BCUT2D eigenvalue weighted by molar-refractivity contribution is 1.06. The van der Waals surface area contributed by atoms with E-state index < -0.39 is 0 Å². The minimum Gasteiger partial charge on any atom is -0.309 e. The van der Waals surface area contributed by atoms with Gasteiger partial charge in [0.1, 0.15) is 0 Å². The van der Waals surface area contributed by atoms with E-state index in [4.69, 9.17) is 0 Å². The molecule has 0 bridgehead atoms. The first-order valence-corrected chi connectivity index (χ1v) is 9.35. The second kappa shape index (κ2) is 8.09. The van der Waals surface area contributed by atoms with Crippen LogP contribution in [-0.4, -0.2) is 4.57 Å². The average molecular weight is 354 g/mol. The summed E-state index contributed by atoms with van der Waals surface area (Å²) in [4.78, 5) is 0. The lowest BCUT2D eigenvalue weighted by atomic mass is 10.1. The third-order valence-electron chi connectivity index (χ3n) is 4.85. The van der Waals surface area contributed by atoms with Gasteiger partial charge < -0.3 is 4.57 Å². The predicted molar refractivity (Wildman–Crippen MR) is 118 cm³/mol. The lowest BCUT2D eigenvalue weighted by Crippen LogP contribution is -2.01. The maximum Gasteiger partial charge on any atom is 0.0535 e. The molecule has 0 atom stereocenters. The largest absolute Gasteiger partial charge is 0.309 e. The van der Waals surface area contributed by atoms with Gasteiger partial charge in [-0.25, -0.2) is 0 Å². The summed E-state index contributed by atoms with van der Waals surface area (Å²) in [5.74, 6) is 0. The van der Waals surface area contributed by atoms with Crippen LogP contribution < -0.4 is 0 Å². The maximum absolute atomic E-state index is 4.32. The van der Waals surface area contributed by atoms with Gasteiger partial charge in [0.15, 0.2) is 0 Å². The van der Waals surface area contributed by atoms with Crippen molar-refractivity contribution in [2.24, 2.45) is 0 Å². The Morgan fingerprint density at radius 3 is 2.00 bits per heavy atom.